The number of halogens is 4. The summed E-state index contributed by atoms with van der Waals surface area (Å²) < 4.78 is 41.6. The van der Waals surface area contributed by atoms with Crippen LogP contribution in [0.4, 0.5) is 13.2 Å². The molecular formula is C9H13ClF3NO2. The molecule has 1 aliphatic heterocycles. The lowest BCUT2D eigenvalue weighted by atomic mass is 10.1. The van der Waals surface area contributed by atoms with Crippen molar-refractivity contribution in [1.29, 1.82) is 0 Å². The van der Waals surface area contributed by atoms with E-state index in [4.69, 9.17) is 16.3 Å². The van der Waals surface area contributed by atoms with Crippen LogP contribution in [-0.2, 0) is 9.53 Å². The molecule has 94 valence electrons. The van der Waals surface area contributed by atoms with Gasteiger partial charge in [0.25, 0.3) is 0 Å². The van der Waals surface area contributed by atoms with Crippen molar-refractivity contribution in [3.8, 4) is 0 Å². The summed E-state index contributed by atoms with van der Waals surface area (Å²) >= 11 is 5.38. The first-order valence-corrected chi connectivity index (χ1v) is 5.46. The van der Waals surface area contributed by atoms with E-state index in [1.807, 2.05) is 0 Å². The number of hydrogen-bond acceptors (Lipinski definition) is 2. The monoisotopic (exact) mass is 259 g/mol. The maximum atomic E-state index is 12.2. The van der Waals surface area contributed by atoms with Gasteiger partial charge in [0, 0.05) is 19.0 Å². The van der Waals surface area contributed by atoms with Crippen molar-refractivity contribution >= 4 is 17.5 Å². The van der Waals surface area contributed by atoms with Crippen LogP contribution in [0.1, 0.15) is 6.42 Å². The molecule has 0 aromatic heterocycles. The summed E-state index contributed by atoms with van der Waals surface area (Å²) in [4.78, 5) is 12.5. The van der Waals surface area contributed by atoms with Crippen molar-refractivity contribution in [2.75, 3.05) is 32.2 Å². The first-order chi connectivity index (χ1) is 7.44. The topological polar surface area (TPSA) is 29.5 Å². The third-order valence-corrected chi connectivity index (χ3v) is 2.48. The highest BCUT2D eigenvalue weighted by atomic mass is 35.5. The van der Waals surface area contributed by atoms with Crippen LogP contribution >= 0.6 is 11.6 Å². The van der Waals surface area contributed by atoms with Gasteiger partial charge in [-0.3, -0.25) is 4.79 Å². The predicted octanol–water partition coefficient (Wildman–Crippen LogP) is 1.65. The summed E-state index contributed by atoms with van der Waals surface area (Å²) in [5.41, 5.74) is 0. The highest BCUT2D eigenvalue weighted by Gasteiger charge is 2.36. The molecule has 1 atom stereocenters. The van der Waals surface area contributed by atoms with Crippen molar-refractivity contribution in [3.05, 3.63) is 0 Å². The van der Waals surface area contributed by atoms with Crippen LogP contribution in [0, 0.1) is 5.92 Å². The molecule has 16 heavy (non-hydrogen) atoms. The first kappa shape index (κ1) is 13.6. The van der Waals surface area contributed by atoms with Gasteiger partial charge in [-0.05, 0) is 6.42 Å². The minimum Gasteiger partial charge on any atom is -0.381 e. The third kappa shape index (κ3) is 4.17. The van der Waals surface area contributed by atoms with E-state index in [0.29, 0.717) is 13.0 Å². The second-order valence-corrected chi connectivity index (χ2v) is 4.00. The number of ether oxygens (including phenoxy) is 1. The molecule has 1 fully saturated rings. The molecule has 3 nitrogen and oxygen atoms in total. The molecular weight excluding hydrogens is 247 g/mol. The van der Waals surface area contributed by atoms with Crippen LogP contribution in [0.25, 0.3) is 0 Å². The standard InChI is InChI=1S/C9H13ClF3NO2/c10-2-3-14(6-9(11,12)13)8(15)7-1-4-16-5-7/h7H,1-6H2. The maximum Gasteiger partial charge on any atom is 0.406 e. The molecule has 1 saturated heterocycles. The molecule has 7 heteroatoms. The van der Waals surface area contributed by atoms with E-state index in [1.165, 1.54) is 0 Å². The van der Waals surface area contributed by atoms with Crippen molar-refractivity contribution in [1.82, 2.24) is 4.90 Å². The molecule has 1 unspecified atom stereocenters. The minimum absolute atomic E-state index is 0.00457. The lowest BCUT2D eigenvalue weighted by Gasteiger charge is -2.25. The SMILES string of the molecule is O=C(C1CCOC1)N(CCCl)CC(F)(F)F. The van der Waals surface area contributed by atoms with Crippen molar-refractivity contribution in [2.24, 2.45) is 5.92 Å². The lowest BCUT2D eigenvalue weighted by Crippen LogP contribution is -2.43. The van der Waals surface area contributed by atoms with E-state index in [2.05, 4.69) is 0 Å². The predicted molar refractivity (Wildman–Crippen MR) is 52.3 cm³/mol. The summed E-state index contributed by atoms with van der Waals surface area (Å²) in [6, 6.07) is 0. The Kier molecular flexibility index (Phi) is 4.86. The third-order valence-electron chi connectivity index (χ3n) is 2.32. The van der Waals surface area contributed by atoms with Crippen LogP contribution in [0.15, 0.2) is 0 Å². The molecule has 0 radical (unpaired) electrons. The molecule has 0 saturated carbocycles. The summed E-state index contributed by atoms with van der Waals surface area (Å²) in [5, 5.41) is 0. The summed E-state index contributed by atoms with van der Waals surface area (Å²) in [6.07, 6.45) is -3.91. The minimum atomic E-state index is -4.39. The smallest absolute Gasteiger partial charge is 0.381 e. The Balaban J connectivity index is 2.57. The van der Waals surface area contributed by atoms with E-state index in [-0.39, 0.29) is 19.0 Å². The Hall–Kier alpha value is -0.490. The van der Waals surface area contributed by atoms with Crippen LogP contribution in [0.3, 0.4) is 0 Å². The van der Waals surface area contributed by atoms with Gasteiger partial charge in [0.2, 0.25) is 5.91 Å². The number of amides is 1. The molecule has 0 bridgehead atoms. The van der Waals surface area contributed by atoms with Gasteiger partial charge in [-0.1, -0.05) is 0 Å². The number of carbonyl (C=O) groups is 1. The Morgan fingerprint density at radius 1 is 1.50 bits per heavy atom. The number of alkyl halides is 4. The van der Waals surface area contributed by atoms with Gasteiger partial charge in [0.1, 0.15) is 6.54 Å². The summed E-state index contributed by atoms with van der Waals surface area (Å²) in [6.45, 7) is -0.696. The van der Waals surface area contributed by atoms with Crippen LogP contribution in [0.2, 0.25) is 0 Å². The number of rotatable bonds is 4. The fourth-order valence-corrected chi connectivity index (χ4v) is 1.78. The Morgan fingerprint density at radius 2 is 2.19 bits per heavy atom. The van der Waals surface area contributed by atoms with Gasteiger partial charge in [0.05, 0.1) is 12.5 Å². The summed E-state index contributed by atoms with van der Waals surface area (Å²) in [5.74, 6) is -0.976. The van der Waals surface area contributed by atoms with Gasteiger partial charge in [-0.25, -0.2) is 0 Å². The molecule has 1 amide bonds. The van der Waals surface area contributed by atoms with Crippen LogP contribution < -0.4 is 0 Å². The molecule has 0 aromatic carbocycles. The van der Waals surface area contributed by atoms with Crippen molar-refractivity contribution < 1.29 is 22.7 Å². The van der Waals surface area contributed by atoms with Gasteiger partial charge in [-0.15, -0.1) is 11.6 Å². The van der Waals surface area contributed by atoms with E-state index in [1.54, 1.807) is 0 Å². The van der Waals surface area contributed by atoms with E-state index in [0.717, 1.165) is 4.90 Å². The zero-order valence-corrected chi connectivity index (χ0v) is 9.35. The lowest BCUT2D eigenvalue weighted by molar-refractivity contribution is -0.163. The second kappa shape index (κ2) is 5.72. The maximum absolute atomic E-state index is 12.2. The average Bonchev–Trinajstić information content (AvgIpc) is 2.66. The molecule has 0 spiro atoms. The zero-order chi connectivity index (χ0) is 12.2. The Labute approximate surface area is 96.5 Å². The number of hydrogen-bond donors (Lipinski definition) is 0. The Morgan fingerprint density at radius 3 is 2.62 bits per heavy atom. The van der Waals surface area contributed by atoms with Crippen LogP contribution in [0.5, 0.6) is 0 Å². The second-order valence-electron chi connectivity index (χ2n) is 3.62. The number of carbonyl (C=O) groups excluding carboxylic acids is 1. The van der Waals surface area contributed by atoms with Gasteiger partial charge in [0.15, 0.2) is 0 Å². The summed E-state index contributed by atoms with van der Waals surface area (Å²) in [7, 11) is 0. The van der Waals surface area contributed by atoms with Crippen molar-refractivity contribution in [2.45, 2.75) is 12.6 Å². The molecule has 1 heterocycles. The molecule has 1 aliphatic rings. The van der Waals surface area contributed by atoms with Crippen molar-refractivity contribution in [3.63, 3.8) is 0 Å². The quantitative estimate of drug-likeness (QED) is 0.719. The largest absolute Gasteiger partial charge is 0.406 e. The molecule has 0 N–H and O–H groups in total. The first-order valence-electron chi connectivity index (χ1n) is 4.93. The highest BCUT2D eigenvalue weighted by molar-refractivity contribution is 6.18. The van der Waals surface area contributed by atoms with E-state index < -0.39 is 24.5 Å². The number of nitrogens with zero attached hydrogens (tertiary/aromatic N) is 1. The normalized spacial score (nSPS) is 21.1. The van der Waals surface area contributed by atoms with Crippen LogP contribution in [-0.4, -0.2) is 49.2 Å². The molecule has 1 rings (SSSR count). The van der Waals surface area contributed by atoms with Gasteiger partial charge in [-0.2, -0.15) is 13.2 Å². The average molecular weight is 260 g/mol. The highest BCUT2D eigenvalue weighted by Crippen LogP contribution is 2.21. The van der Waals surface area contributed by atoms with E-state index >= 15 is 0 Å². The van der Waals surface area contributed by atoms with Gasteiger partial charge < -0.3 is 9.64 Å². The van der Waals surface area contributed by atoms with E-state index in [9.17, 15) is 18.0 Å². The molecule has 0 aliphatic carbocycles. The molecule has 0 aromatic rings. The fourth-order valence-electron chi connectivity index (χ4n) is 1.57. The van der Waals surface area contributed by atoms with Gasteiger partial charge >= 0.3 is 6.18 Å². The Bertz CT molecular complexity index is 241. The zero-order valence-electron chi connectivity index (χ0n) is 8.60. The fraction of sp³-hybridized carbons (Fsp3) is 0.889.